The Hall–Kier alpha value is -3.93. The lowest BCUT2D eigenvalue weighted by molar-refractivity contribution is -0.132. The van der Waals surface area contributed by atoms with Gasteiger partial charge in [-0.3, -0.25) is 19.5 Å². The van der Waals surface area contributed by atoms with Crippen molar-refractivity contribution in [2.24, 2.45) is 0 Å². The Morgan fingerprint density at radius 2 is 1.77 bits per heavy atom. The molecule has 2 aromatic carbocycles. The van der Waals surface area contributed by atoms with Crippen LogP contribution in [0.3, 0.4) is 0 Å². The molecule has 2 heterocycles. The Morgan fingerprint density at radius 1 is 1.03 bits per heavy atom. The maximum atomic E-state index is 13.0. The molecule has 0 radical (unpaired) electrons. The van der Waals surface area contributed by atoms with Crippen LogP contribution in [0.4, 0.5) is 5.69 Å². The second kappa shape index (κ2) is 8.21. The van der Waals surface area contributed by atoms with Crippen molar-refractivity contribution < 1.29 is 19.4 Å². The van der Waals surface area contributed by atoms with Crippen LogP contribution in [0.5, 0.6) is 5.75 Å². The summed E-state index contributed by atoms with van der Waals surface area (Å²) in [5.74, 6) is -0.972. The van der Waals surface area contributed by atoms with Crippen LogP contribution in [-0.4, -0.2) is 28.4 Å². The van der Waals surface area contributed by atoms with Crippen LogP contribution in [0.25, 0.3) is 5.76 Å². The van der Waals surface area contributed by atoms with Gasteiger partial charge in [0, 0.05) is 11.8 Å². The molecule has 0 saturated carbocycles. The molecule has 150 valence electrons. The van der Waals surface area contributed by atoms with Gasteiger partial charge in [0.05, 0.1) is 30.1 Å². The van der Waals surface area contributed by atoms with Crippen LogP contribution in [0.2, 0.25) is 0 Å². The molecule has 1 N–H and O–H groups in total. The average molecular weight is 400 g/mol. The third-order valence-corrected chi connectivity index (χ3v) is 4.92. The van der Waals surface area contributed by atoms with Crippen LogP contribution in [0, 0.1) is 0 Å². The van der Waals surface area contributed by atoms with Gasteiger partial charge >= 0.3 is 0 Å². The van der Waals surface area contributed by atoms with E-state index < -0.39 is 17.7 Å². The average Bonchev–Trinajstić information content (AvgIpc) is 3.06. The monoisotopic (exact) mass is 400 g/mol. The first-order valence-electron chi connectivity index (χ1n) is 9.61. The number of hydrogen-bond donors (Lipinski definition) is 1. The van der Waals surface area contributed by atoms with Gasteiger partial charge < -0.3 is 9.84 Å². The van der Waals surface area contributed by atoms with Crippen molar-refractivity contribution in [2.75, 3.05) is 11.5 Å². The normalized spacial score (nSPS) is 17.9. The topological polar surface area (TPSA) is 79.7 Å². The van der Waals surface area contributed by atoms with Crippen LogP contribution < -0.4 is 9.64 Å². The smallest absolute Gasteiger partial charge is 0.300 e. The second-order valence-corrected chi connectivity index (χ2v) is 6.75. The number of hydrogen-bond acceptors (Lipinski definition) is 5. The molecule has 1 unspecified atom stereocenters. The molecule has 6 heteroatoms. The van der Waals surface area contributed by atoms with E-state index in [-0.39, 0.29) is 11.3 Å². The molecule has 30 heavy (non-hydrogen) atoms. The fourth-order valence-electron chi connectivity index (χ4n) is 3.58. The van der Waals surface area contributed by atoms with Gasteiger partial charge in [0.15, 0.2) is 0 Å². The van der Waals surface area contributed by atoms with Crippen LogP contribution in [0.15, 0.2) is 84.7 Å². The molecule has 3 aromatic rings. The van der Waals surface area contributed by atoms with Gasteiger partial charge in [-0.05, 0) is 36.8 Å². The molecule has 0 spiro atoms. The molecular formula is C24H20N2O4. The van der Waals surface area contributed by atoms with Crippen LogP contribution in [-0.2, 0) is 9.59 Å². The molecule has 1 atom stereocenters. The molecule has 0 bridgehead atoms. The highest BCUT2D eigenvalue weighted by Crippen LogP contribution is 2.42. The highest BCUT2D eigenvalue weighted by Gasteiger charge is 2.47. The number of pyridine rings is 1. The maximum absolute atomic E-state index is 13.0. The van der Waals surface area contributed by atoms with Crippen molar-refractivity contribution in [3.8, 4) is 5.75 Å². The zero-order chi connectivity index (χ0) is 21.1. The molecule has 1 saturated heterocycles. The standard InChI is InChI=1S/C24H20N2O4/c1-2-30-19-12-10-16(11-13-19)21-20(22(27)17-7-4-3-5-8-17)23(28)24(29)26(21)18-9-6-14-25-15-18/h3-15,21,27H,2H2,1H3. The molecule has 1 aliphatic rings. The third-order valence-electron chi connectivity index (χ3n) is 4.92. The number of benzene rings is 2. The first-order valence-corrected chi connectivity index (χ1v) is 9.61. The Kier molecular flexibility index (Phi) is 5.30. The molecule has 1 aliphatic heterocycles. The van der Waals surface area contributed by atoms with E-state index in [1.54, 1.807) is 66.9 Å². The minimum Gasteiger partial charge on any atom is -0.507 e. The highest BCUT2D eigenvalue weighted by molar-refractivity contribution is 6.51. The number of carbonyl (C=O) groups is 2. The number of aromatic nitrogens is 1. The summed E-state index contributed by atoms with van der Waals surface area (Å²) < 4.78 is 5.50. The first-order chi connectivity index (χ1) is 14.6. The van der Waals surface area contributed by atoms with E-state index in [2.05, 4.69) is 4.98 Å². The third kappa shape index (κ3) is 3.43. The number of anilines is 1. The Labute approximate surface area is 174 Å². The number of aliphatic hydroxyl groups excluding tert-OH is 1. The number of ketones is 1. The number of rotatable bonds is 5. The summed E-state index contributed by atoms with van der Waals surface area (Å²) in [5.41, 5.74) is 1.67. The minimum absolute atomic E-state index is 0.0409. The molecule has 1 fully saturated rings. The Morgan fingerprint density at radius 3 is 2.40 bits per heavy atom. The fraction of sp³-hybridized carbons (Fsp3) is 0.125. The van der Waals surface area contributed by atoms with Crippen molar-refractivity contribution in [1.82, 2.24) is 4.98 Å². The Bertz CT molecular complexity index is 1090. The quantitative estimate of drug-likeness (QED) is 0.396. The lowest BCUT2D eigenvalue weighted by atomic mass is 9.95. The summed E-state index contributed by atoms with van der Waals surface area (Å²) in [6.07, 6.45) is 3.12. The van der Waals surface area contributed by atoms with Gasteiger partial charge in [-0.15, -0.1) is 0 Å². The number of nitrogens with zero attached hydrogens (tertiary/aromatic N) is 2. The number of carbonyl (C=O) groups excluding carboxylic acids is 2. The van der Waals surface area contributed by atoms with Gasteiger partial charge in [0.25, 0.3) is 11.7 Å². The minimum atomic E-state index is -0.787. The van der Waals surface area contributed by atoms with Crippen molar-refractivity contribution >= 4 is 23.1 Å². The van der Waals surface area contributed by atoms with E-state index in [1.807, 2.05) is 13.0 Å². The summed E-state index contributed by atoms with van der Waals surface area (Å²) in [6, 6.07) is 18.5. The fourth-order valence-corrected chi connectivity index (χ4v) is 3.58. The van der Waals surface area contributed by atoms with Crippen molar-refractivity contribution in [1.29, 1.82) is 0 Å². The number of aliphatic hydroxyl groups is 1. The van der Waals surface area contributed by atoms with E-state index >= 15 is 0 Å². The van der Waals surface area contributed by atoms with Crippen molar-refractivity contribution in [3.63, 3.8) is 0 Å². The lowest BCUT2D eigenvalue weighted by Crippen LogP contribution is -2.29. The number of ether oxygens (including phenoxy) is 1. The largest absolute Gasteiger partial charge is 0.507 e. The van der Waals surface area contributed by atoms with E-state index in [0.717, 1.165) is 0 Å². The van der Waals surface area contributed by atoms with Crippen LogP contribution in [0.1, 0.15) is 24.1 Å². The van der Waals surface area contributed by atoms with Gasteiger partial charge in [0.1, 0.15) is 11.5 Å². The molecule has 6 nitrogen and oxygen atoms in total. The SMILES string of the molecule is CCOc1ccc(C2C(=C(O)c3ccccc3)C(=O)C(=O)N2c2cccnc2)cc1. The summed E-state index contributed by atoms with van der Waals surface area (Å²) in [7, 11) is 0. The van der Waals surface area contributed by atoms with Crippen molar-refractivity contribution in [3.05, 3.63) is 95.8 Å². The van der Waals surface area contributed by atoms with E-state index in [4.69, 9.17) is 4.74 Å². The zero-order valence-corrected chi connectivity index (χ0v) is 16.4. The maximum Gasteiger partial charge on any atom is 0.300 e. The number of amides is 1. The van der Waals surface area contributed by atoms with E-state index in [1.165, 1.54) is 11.1 Å². The summed E-state index contributed by atoms with van der Waals surface area (Å²) in [4.78, 5) is 31.4. The summed E-state index contributed by atoms with van der Waals surface area (Å²) in [5, 5.41) is 11.0. The predicted molar refractivity (Wildman–Crippen MR) is 113 cm³/mol. The molecule has 1 amide bonds. The van der Waals surface area contributed by atoms with Crippen LogP contribution >= 0.6 is 0 Å². The van der Waals surface area contributed by atoms with Gasteiger partial charge in [-0.1, -0.05) is 42.5 Å². The molecular weight excluding hydrogens is 380 g/mol. The second-order valence-electron chi connectivity index (χ2n) is 6.75. The number of Topliss-reactive ketones (excluding diaryl/α,β-unsaturated/α-hetero) is 1. The summed E-state index contributed by atoms with van der Waals surface area (Å²) >= 11 is 0. The van der Waals surface area contributed by atoms with Gasteiger partial charge in [-0.2, -0.15) is 0 Å². The molecule has 4 rings (SSSR count). The lowest BCUT2D eigenvalue weighted by Gasteiger charge is -2.25. The Balaban J connectivity index is 1.90. The van der Waals surface area contributed by atoms with Crippen molar-refractivity contribution in [2.45, 2.75) is 13.0 Å². The first kappa shape index (κ1) is 19.4. The highest BCUT2D eigenvalue weighted by atomic mass is 16.5. The van der Waals surface area contributed by atoms with Gasteiger partial charge in [0.2, 0.25) is 0 Å². The summed E-state index contributed by atoms with van der Waals surface area (Å²) in [6.45, 7) is 2.42. The van der Waals surface area contributed by atoms with E-state index in [0.29, 0.717) is 29.2 Å². The predicted octanol–water partition coefficient (Wildman–Crippen LogP) is 4.11. The van der Waals surface area contributed by atoms with Gasteiger partial charge in [-0.25, -0.2) is 0 Å². The zero-order valence-electron chi connectivity index (χ0n) is 16.4. The molecule has 0 aliphatic carbocycles. The van der Waals surface area contributed by atoms with E-state index in [9.17, 15) is 14.7 Å². The molecule has 1 aromatic heterocycles.